The molecule has 3 rings (SSSR count). The van der Waals surface area contributed by atoms with Gasteiger partial charge in [-0.1, -0.05) is 42.5 Å². The van der Waals surface area contributed by atoms with Crippen molar-refractivity contribution in [2.24, 2.45) is 0 Å². The maximum Gasteiger partial charge on any atom is 0.169 e. The molecule has 0 saturated carbocycles. The lowest BCUT2D eigenvalue weighted by atomic mass is 10.1. The first-order valence-electron chi connectivity index (χ1n) is 8.28. The highest BCUT2D eigenvalue weighted by Gasteiger charge is 2.21. The van der Waals surface area contributed by atoms with Gasteiger partial charge in [0.25, 0.3) is 0 Å². The lowest BCUT2D eigenvalue weighted by molar-refractivity contribution is 0.373. The number of nitrogens with one attached hydrogen (secondary N) is 1. The summed E-state index contributed by atoms with van der Waals surface area (Å²) in [6, 6.07) is 18.0. The van der Waals surface area contributed by atoms with Crippen LogP contribution < -0.4 is 10.2 Å². The molecule has 1 fully saturated rings. The van der Waals surface area contributed by atoms with Crippen molar-refractivity contribution in [3.63, 3.8) is 0 Å². The fourth-order valence-corrected chi connectivity index (χ4v) is 3.34. The summed E-state index contributed by atoms with van der Waals surface area (Å²) in [7, 11) is 0. The van der Waals surface area contributed by atoms with Crippen LogP contribution in [0.4, 0.5) is 5.69 Å². The van der Waals surface area contributed by atoms with Gasteiger partial charge in [-0.05, 0) is 36.8 Å². The first-order valence-corrected chi connectivity index (χ1v) is 8.69. The van der Waals surface area contributed by atoms with E-state index < -0.39 is 0 Å². The Morgan fingerprint density at radius 3 is 2.29 bits per heavy atom. The molecule has 1 aliphatic heterocycles. The topological polar surface area (TPSA) is 38.7 Å². The number of para-hydroxylation sites is 2. The largest absolute Gasteiger partial charge is 0.506 e. The van der Waals surface area contributed by atoms with Gasteiger partial charge in [0.2, 0.25) is 0 Å². The van der Waals surface area contributed by atoms with E-state index in [4.69, 9.17) is 12.2 Å². The highest BCUT2D eigenvalue weighted by molar-refractivity contribution is 7.80. The van der Waals surface area contributed by atoms with Crippen LogP contribution in [0.15, 0.2) is 54.6 Å². The monoisotopic (exact) mass is 341 g/mol. The predicted molar refractivity (Wildman–Crippen MR) is 102 cm³/mol. The first-order chi connectivity index (χ1) is 11.6. The van der Waals surface area contributed by atoms with E-state index in [9.17, 15) is 5.11 Å². The maximum absolute atomic E-state index is 9.99. The molecule has 0 radical (unpaired) electrons. The van der Waals surface area contributed by atoms with Crippen LogP contribution >= 0.6 is 12.2 Å². The van der Waals surface area contributed by atoms with Crippen molar-refractivity contribution in [1.82, 2.24) is 10.2 Å². The van der Waals surface area contributed by atoms with Crippen LogP contribution in [0.5, 0.6) is 5.75 Å². The van der Waals surface area contributed by atoms with Crippen molar-refractivity contribution < 1.29 is 5.11 Å². The molecule has 24 heavy (non-hydrogen) atoms. The minimum atomic E-state index is 0.190. The van der Waals surface area contributed by atoms with Crippen LogP contribution in [0, 0.1) is 0 Å². The molecule has 1 heterocycles. The van der Waals surface area contributed by atoms with Crippen LogP contribution in [0.25, 0.3) is 0 Å². The normalized spacial score (nSPS) is 15.9. The van der Waals surface area contributed by atoms with Crippen LogP contribution in [0.1, 0.15) is 18.5 Å². The third-order valence-electron chi connectivity index (χ3n) is 4.43. The maximum atomic E-state index is 9.99. The van der Waals surface area contributed by atoms with Crippen molar-refractivity contribution in [3.8, 4) is 5.75 Å². The average molecular weight is 341 g/mol. The number of nitrogens with zero attached hydrogens (tertiary/aromatic N) is 2. The Labute approximate surface area is 148 Å². The minimum absolute atomic E-state index is 0.190. The van der Waals surface area contributed by atoms with Gasteiger partial charge in [0.1, 0.15) is 5.75 Å². The molecule has 0 aliphatic carbocycles. The van der Waals surface area contributed by atoms with Gasteiger partial charge in [-0.3, -0.25) is 0 Å². The second kappa shape index (κ2) is 7.53. The number of piperazine rings is 1. The Morgan fingerprint density at radius 2 is 1.62 bits per heavy atom. The molecule has 5 heteroatoms. The number of rotatable bonds is 3. The molecule has 1 atom stereocenters. The van der Waals surface area contributed by atoms with Gasteiger partial charge in [0.15, 0.2) is 5.11 Å². The molecular weight excluding hydrogens is 318 g/mol. The van der Waals surface area contributed by atoms with Crippen LogP contribution in [0.2, 0.25) is 0 Å². The van der Waals surface area contributed by atoms with Crippen molar-refractivity contribution in [2.75, 3.05) is 31.1 Å². The van der Waals surface area contributed by atoms with Crippen molar-refractivity contribution in [2.45, 2.75) is 13.0 Å². The van der Waals surface area contributed by atoms with Crippen molar-refractivity contribution >= 4 is 23.0 Å². The van der Waals surface area contributed by atoms with Gasteiger partial charge in [-0.15, -0.1) is 0 Å². The Balaban J connectivity index is 1.55. The number of phenols is 1. The molecule has 1 unspecified atom stereocenters. The van der Waals surface area contributed by atoms with Crippen LogP contribution in [-0.2, 0) is 0 Å². The zero-order chi connectivity index (χ0) is 16.9. The Hall–Kier alpha value is -2.27. The molecule has 0 amide bonds. The van der Waals surface area contributed by atoms with E-state index in [0.717, 1.165) is 37.0 Å². The summed E-state index contributed by atoms with van der Waals surface area (Å²) in [6.07, 6.45) is 0. The van der Waals surface area contributed by atoms with Crippen molar-refractivity contribution in [1.29, 1.82) is 0 Å². The Bertz CT molecular complexity index is 684. The molecule has 1 aliphatic rings. The summed E-state index contributed by atoms with van der Waals surface area (Å²) < 4.78 is 0. The second-order valence-corrected chi connectivity index (χ2v) is 6.43. The van der Waals surface area contributed by atoms with E-state index in [-0.39, 0.29) is 6.04 Å². The van der Waals surface area contributed by atoms with Crippen LogP contribution in [0.3, 0.4) is 0 Å². The number of hydrogen-bond donors (Lipinski definition) is 2. The number of hydrogen-bond acceptors (Lipinski definition) is 3. The van der Waals surface area contributed by atoms with Gasteiger partial charge in [-0.25, -0.2) is 0 Å². The molecule has 1 saturated heterocycles. The quantitative estimate of drug-likeness (QED) is 0.839. The fourth-order valence-electron chi connectivity index (χ4n) is 2.98. The predicted octanol–water partition coefficient (Wildman–Crippen LogP) is 3.15. The zero-order valence-corrected chi connectivity index (χ0v) is 14.7. The highest BCUT2D eigenvalue weighted by atomic mass is 32.1. The third kappa shape index (κ3) is 3.79. The molecule has 0 spiro atoms. The Morgan fingerprint density at radius 1 is 1.00 bits per heavy atom. The first kappa shape index (κ1) is 16.6. The molecular formula is C19H23N3OS. The number of thiocarbonyl (C=S) groups is 1. The van der Waals surface area contributed by atoms with E-state index in [2.05, 4.69) is 34.2 Å². The van der Waals surface area contributed by atoms with E-state index >= 15 is 0 Å². The highest BCUT2D eigenvalue weighted by Crippen LogP contribution is 2.27. The number of aromatic hydroxyl groups is 1. The average Bonchev–Trinajstić information content (AvgIpc) is 2.63. The number of phenolic OH excluding ortho intramolecular Hbond substituents is 1. The van der Waals surface area contributed by atoms with Crippen molar-refractivity contribution in [3.05, 3.63) is 60.2 Å². The summed E-state index contributed by atoms with van der Waals surface area (Å²) in [4.78, 5) is 4.40. The van der Waals surface area contributed by atoms with Gasteiger partial charge >= 0.3 is 0 Å². The smallest absolute Gasteiger partial charge is 0.169 e. The SMILES string of the molecule is CC(NC(=S)N1CCN(c2ccccc2O)CC1)c1ccccc1. The van der Waals surface area contributed by atoms with E-state index in [1.165, 1.54) is 5.56 Å². The summed E-state index contributed by atoms with van der Waals surface area (Å²) in [5.74, 6) is 0.337. The summed E-state index contributed by atoms with van der Waals surface area (Å²) in [6.45, 7) is 5.52. The summed E-state index contributed by atoms with van der Waals surface area (Å²) in [5.41, 5.74) is 2.13. The molecule has 126 valence electrons. The molecule has 0 bridgehead atoms. The number of anilines is 1. The molecule has 2 aromatic rings. The van der Waals surface area contributed by atoms with Gasteiger partial charge in [-0.2, -0.15) is 0 Å². The molecule has 2 aromatic carbocycles. The second-order valence-electron chi connectivity index (χ2n) is 6.04. The van der Waals surface area contributed by atoms with Gasteiger partial charge in [0.05, 0.1) is 11.7 Å². The lowest BCUT2D eigenvalue weighted by Gasteiger charge is -2.38. The summed E-state index contributed by atoms with van der Waals surface area (Å²) in [5, 5.41) is 14.2. The molecule has 2 N–H and O–H groups in total. The fraction of sp³-hybridized carbons (Fsp3) is 0.316. The van der Waals surface area contributed by atoms with E-state index in [0.29, 0.717) is 5.75 Å². The lowest BCUT2D eigenvalue weighted by Crippen LogP contribution is -2.52. The van der Waals surface area contributed by atoms with Gasteiger partial charge < -0.3 is 20.2 Å². The van der Waals surface area contributed by atoms with E-state index in [1.807, 2.05) is 36.4 Å². The van der Waals surface area contributed by atoms with E-state index in [1.54, 1.807) is 6.07 Å². The standard InChI is InChI=1S/C19H23N3OS/c1-15(16-7-3-2-4-8-16)20-19(24)22-13-11-21(12-14-22)17-9-5-6-10-18(17)23/h2-10,15,23H,11-14H2,1H3,(H,20,24). The molecule has 4 nitrogen and oxygen atoms in total. The minimum Gasteiger partial charge on any atom is -0.506 e. The Kier molecular flexibility index (Phi) is 5.20. The summed E-state index contributed by atoms with van der Waals surface area (Å²) >= 11 is 5.58. The third-order valence-corrected chi connectivity index (χ3v) is 4.80. The van der Waals surface area contributed by atoms with Gasteiger partial charge in [0, 0.05) is 26.2 Å². The van der Waals surface area contributed by atoms with Crippen LogP contribution in [-0.4, -0.2) is 41.3 Å². The number of benzene rings is 2. The molecule has 0 aromatic heterocycles. The zero-order valence-electron chi connectivity index (χ0n) is 13.9.